The van der Waals surface area contributed by atoms with Crippen molar-refractivity contribution >= 4 is 38.9 Å². The largest absolute Gasteiger partial charge is 0.450 e. The highest BCUT2D eigenvalue weighted by Crippen LogP contribution is 2.40. The number of anilines is 1. The average Bonchev–Trinajstić information content (AvgIpc) is 3.20. The molecule has 4 aromatic rings. The van der Waals surface area contributed by atoms with Gasteiger partial charge in [-0.1, -0.05) is 6.07 Å². The third-order valence-electron chi connectivity index (χ3n) is 4.82. The van der Waals surface area contributed by atoms with Crippen LogP contribution in [-0.4, -0.2) is 23.1 Å². The predicted molar refractivity (Wildman–Crippen MR) is 94.9 cm³/mol. The molecule has 0 unspecified atom stereocenters. The van der Waals surface area contributed by atoms with Gasteiger partial charge in [0, 0.05) is 25.1 Å². The Labute approximate surface area is 138 Å². The van der Waals surface area contributed by atoms with Gasteiger partial charge in [0.25, 0.3) is 0 Å². The van der Waals surface area contributed by atoms with Gasteiger partial charge in [-0.05, 0) is 38.1 Å². The van der Waals surface area contributed by atoms with Crippen molar-refractivity contribution in [2.24, 2.45) is 0 Å². The second-order valence-electron chi connectivity index (χ2n) is 6.32. The molecule has 0 fully saturated rings. The Morgan fingerprint density at radius 1 is 0.958 bits per heavy atom. The molecule has 4 heterocycles. The fourth-order valence-corrected chi connectivity index (χ4v) is 3.35. The van der Waals surface area contributed by atoms with Crippen LogP contribution in [0.5, 0.6) is 0 Å². The molecule has 0 saturated heterocycles. The molecule has 5 rings (SSSR count). The van der Waals surface area contributed by atoms with E-state index in [1.165, 1.54) is 0 Å². The molecular weight excluding hydrogens is 302 g/mol. The quantitative estimate of drug-likeness (QED) is 0.513. The standard InChI is InChI=1S/C19H17N3O2/c1-11-7-8-14-18-17(24-19(14)20-11)13-5-4-6-15(16(13)23-18)22-10-9-21(3)12(22)2/h4-10,12H,1-3H3/t12-/m0/s1. The van der Waals surface area contributed by atoms with E-state index in [1.807, 2.05) is 31.2 Å². The van der Waals surface area contributed by atoms with E-state index in [0.717, 1.165) is 38.9 Å². The first-order valence-electron chi connectivity index (χ1n) is 8.03. The number of benzene rings is 1. The van der Waals surface area contributed by atoms with Crippen LogP contribution in [0.15, 0.2) is 51.6 Å². The van der Waals surface area contributed by atoms with Crippen LogP contribution in [-0.2, 0) is 0 Å². The molecule has 0 spiro atoms. The Kier molecular flexibility index (Phi) is 2.55. The van der Waals surface area contributed by atoms with Crippen molar-refractivity contribution < 1.29 is 8.83 Å². The highest BCUT2D eigenvalue weighted by atomic mass is 16.4. The number of furan rings is 2. The van der Waals surface area contributed by atoms with Crippen LogP contribution in [0.3, 0.4) is 0 Å². The Bertz CT molecular complexity index is 1120. The maximum absolute atomic E-state index is 6.24. The number of rotatable bonds is 1. The summed E-state index contributed by atoms with van der Waals surface area (Å²) in [7, 11) is 2.07. The molecule has 0 aliphatic carbocycles. The molecule has 1 aliphatic heterocycles. The molecule has 5 nitrogen and oxygen atoms in total. The SMILES string of the molecule is Cc1ccc2c(n1)oc1c3cccc(N4C=CN(C)[C@@H]4C)c3oc21. The first-order chi connectivity index (χ1) is 11.6. The smallest absolute Gasteiger partial charge is 0.230 e. The van der Waals surface area contributed by atoms with Crippen LogP contribution >= 0.6 is 0 Å². The normalized spacial score (nSPS) is 17.9. The Balaban J connectivity index is 1.80. The van der Waals surface area contributed by atoms with E-state index in [0.29, 0.717) is 5.71 Å². The second-order valence-corrected chi connectivity index (χ2v) is 6.32. The molecule has 24 heavy (non-hydrogen) atoms. The maximum atomic E-state index is 6.24. The number of hydrogen-bond acceptors (Lipinski definition) is 5. The third kappa shape index (κ3) is 1.67. The molecule has 1 aromatic carbocycles. The van der Waals surface area contributed by atoms with E-state index >= 15 is 0 Å². The summed E-state index contributed by atoms with van der Waals surface area (Å²) in [6, 6.07) is 10.1. The number of nitrogens with zero attached hydrogens (tertiary/aromatic N) is 3. The van der Waals surface area contributed by atoms with Gasteiger partial charge < -0.3 is 18.6 Å². The predicted octanol–water partition coefficient (Wildman–Crippen LogP) is 4.60. The minimum Gasteiger partial charge on any atom is -0.450 e. The van der Waals surface area contributed by atoms with Gasteiger partial charge in [0.05, 0.1) is 16.5 Å². The van der Waals surface area contributed by atoms with Crippen LogP contribution in [0, 0.1) is 6.92 Å². The lowest BCUT2D eigenvalue weighted by molar-refractivity contribution is 0.383. The molecular formula is C19H17N3O2. The van der Waals surface area contributed by atoms with Crippen molar-refractivity contribution in [2.45, 2.75) is 20.0 Å². The van der Waals surface area contributed by atoms with Crippen LogP contribution in [0.2, 0.25) is 0 Å². The molecule has 0 radical (unpaired) electrons. The van der Waals surface area contributed by atoms with Gasteiger partial charge in [-0.2, -0.15) is 0 Å². The zero-order chi connectivity index (χ0) is 16.4. The number of hydrogen-bond donors (Lipinski definition) is 0. The zero-order valence-electron chi connectivity index (χ0n) is 13.8. The number of aryl methyl sites for hydroxylation is 1. The topological polar surface area (TPSA) is 45.7 Å². The van der Waals surface area contributed by atoms with Gasteiger partial charge >= 0.3 is 0 Å². The Hall–Kier alpha value is -2.95. The van der Waals surface area contributed by atoms with Crippen LogP contribution in [0.1, 0.15) is 12.6 Å². The van der Waals surface area contributed by atoms with Gasteiger partial charge in [-0.25, -0.2) is 4.98 Å². The van der Waals surface area contributed by atoms with E-state index < -0.39 is 0 Å². The second kappa shape index (κ2) is 4.54. The summed E-state index contributed by atoms with van der Waals surface area (Å²) in [4.78, 5) is 8.82. The van der Waals surface area contributed by atoms with E-state index in [-0.39, 0.29) is 6.17 Å². The summed E-state index contributed by atoms with van der Waals surface area (Å²) >= 11 is 0. The first-order valence-corrected chi connectivity index (χ1v) is 8.03. The van der Waals surface area contributed by atoms with Crippen LogP contribution < -0.4 is 4.90 Å². The van der Waals surface area contributed by atoms with Crippen molar-refractivity contribution in [2.75, 3.05) is 11.9 Å². The number of pyridine rings is 1. The summed E-state index contributed by atoms with van der Waals surface area (Å²) in [6.45, 7) is 4.12. The molecule has 1 atom stereocenters. The number of para-hydroxylation sites is 1. The average molecular weight is 319 g/mol. The minimum absolute atomic E-state index is 0.244. The zero-order valence-corrected chi connectivity index (χ0v) is 13.8. The van der Waals surface area contributed by atoms with E-state index in [2.05, 4.69) is 47.2 Å². The van der Waals surface area contributed by atoms with E-state index in [9.17, 15) is 0 Å². The maximum Gasteiger partial charge on any atom is 0.230 e. The molecule has 0 amide bonds. The van der Waals surface area contributed by atoms with Crippen molar-refractivity contribution in [3.63, 3.8) is 0 Å². The fourth-order valence-electron chi connectivity index (χ4n) is 3.35. The lowest BCUT2D eigenvalue weighted by atomic mass is 10.2. The summed E-state index contributed by atoms with van der Waals surface area (Å²) in [6.07, 6.45) is 4.39. The monoisotopic (exact) mass is 319 g/mol. The molecule has 0 bridgehead atoms. The number of aromatic nitrogens is 1. The molecule has 120 valence electrons. The summed E-state index contributed by atoms with van der Waals surface area (Å²) in [5, 5.41) is 1.90. The number of fused-ring (bicyclic) bond motifs is 5. The van der Waals surface area contributed by atoms with Gasteiger partial charge in [0.15, 0.2) is 16.7 Å². The fraction of sp³-hybridized carbons (Fsp3) is 0.211. The first kappa shape index (κ1) is 13.5. The molecule has 0 N–H and O–H groups in total. The van der Waals surface area contributed by atoms with Gasteiger partial charge in [0.2, 0.25) is 5.71 Å². The third-order valence-corrected chi connectivity index (χ3v) is 4.82. The van der Waals surface area contributed by atoms with Gasteiger partial charge in [0.1, 0.15) is 6.17 Å². The Morgan fingerprint density at radius 3 is 2.58 bits per heavy atom. The van der Waals surface area contributed by atoms with Crippen LogP contribution in [0.4, 0.5) is 5.69 Å². The van der Waals surface area contributed by atoms with Crippen molar-refractivity contribution in [3.8, 4) is 0 Å². The lowest BCUT2D eigenvalue weighted by Gasteiger charge is -2.26. The Morgan fingerprint density at radius 2 is 1.79 bits per heavy atom. The van der Waals surface area contributed by atoms with Crippen molar-refractivity contribution in [3.05, 3.63) is 48.4 Å². The summed E-state index contributed by atoms with van der Waals surface area (Å²) in [5.41, 5.74) is 4.99. The molecule has 3 aromatic heterocycles. The molecule has 0 saturated carbocycles. The molecule has 1 aliphatic rings. The molecule has 5 heteroatoms. The highest BCUT2D eigenvalue weighted by molar-refractivity contribution is 6.14. The van der Waals surface area contributed by atoms with E-state index in [1.54, 1.807) is 0 Å². The summed E-state index contributed by atoms with van der Waals surface area (Å²) in [5.74, 6) is 0. The minimum atomic E-state index is 0.244. The van der Waals surface area contributed by atoms with Crippen molar-refractivity contribution in [1.82, 2.24) is 9.88 Å². The van der Waals surface area contributed by atoms with Gasteiger partial charge in [-0.3, -0.25) is 0 Å². The van der Waals surface area contributed by atoms with E-state index in [4.69, 9.17) is 8.83 Å². The van der Waals surface area contributed by atoms with Crippen LogP contribution in [0.25, 0.3) is 33.2 Å². The highest BCUT2D eigenvalue weighted by Gasteiger charge is 2.25. The van der Waals surface area contributed by atoms with Gasteiger partial charge in [-0.15, -0.1) is 0 Å². The lowest BCUT2D eigenvalue weighted by Crippen LogP contribution is -2.33. The van der Waals surface area contributed by atoms with Crippen molar-refractivity contribution in [1.29, 1.82) is 0 Å². The summed E-state index contributed by atoms with van der Waals surface area (Å²) < 4.78 is 12.2.